The molecule has 0 aromatic carbocycles. The molecule has 2 N–H and O–H groups in total. The molecule has 0 aliphatic heterocycles. The highest BCUT2D eigenvalue weighted by atomic mass is 15.4. The first-order chi connectivity index (χ1) is 8.40. The zero-order valence-electron chi connectivity index (χ0n) is 10.4. The molecule has 3 rings (SSSR count). The molecule has 0 atom stereocenters. The van der Waals surface area contributed by atoms with Gasteiger partial charge in [0.15, 0.2) is 0 Å². The maximum Gasteiger partial charge on any atom is 0.0997 e. The van der Waals surface area contributed by atoms with Crippen LogP contribution in [0, 0.1) is 0 Å². The molecule has 2 aliphatic rings. The number of aromatic nitrogens is 3. The molecule has 2 saturated carbocycles. The lowest BCUT2D eigenvalue weighted by Gasteiger charge is -2.17. The molecule has 2 fully saturated rings. The summed E-state index contributed by atoms with van der Waals surface area (Å²) in [6, 6.07) is 0.596. The minimum absolute atomic E-state index is 0.540. The third-order valence-corrected chi connectivity index (χ3v) is 4.41. The van der Waals surface area contributed by atoms with E-state index in [1.807, 2.05) is 0 Å². The van der Waals surface area contributed by atoms with Crippen molar-refractivity contribution < 1.29 is 0 Å². The Kier molecular flexibility index (Phi) is 3.14. The van der Waals surface area contributed by atoms with Gasteiger partial charge in [0, 0.05) is 12.5 Å². The van der Waals surface area contributed by atoms with E-state index in [0.717, 1.165) is 5.69 Å². The Hall–Kier alpha value is -0.900. The molecule has 94 valence electrons. The number of nitrogens with two attached hydrogens (primary N) is 1. The Balaban J connectivity index is 1.93. The van der Waals surface area contributed by atoms with Crippen LogP contribution in [0.2, 0.25) is 0 Å². The van der Waals surface area contributed by atoms with Gasteiger partial charge < -0.3 is 5.73 Å². The maximum atomic E-state index is 5.81. The van der Waals surface area contributed by atoms with Crippen molar-refractivity contribution in [1.29, 1.82) is 0 Å². The Morgan fingerprint density at radius 2 is 1.71 bits per heavy atom. The standard InChI is InChI=1S/C13H22N4/c14-9-12-13(10-5-1-2-6-10)17(16-15-12)11-7-3-4-8-11/h10-11H,1-9,14H2. The topological polar surface area (TPSA) is 56.7 Å². The van der Waals surface area contributed by atoms with Crippen LogP contribution in [0.25, 0.3) is 0 Å². The fraction of sp³-hybridized carbons (Fsp3) is 0.846. The molecule has 17 heavy (non-hydrogen) atoms. The summed E-state index contributed by atoms with van der Waals surface area (Å²) < 4.78 is 2.23. The summed E-state index contributed by atoms with van der Waals surface area (Å²) in [7, 11) is 0. The number of hydrogen-bond acceptors (Lipinski definition) is 3. The minimum atomic E-state index is 0.540. The molecule has 0 saturated heterocycles. The van der Waals surface area contributed by atoms with Gasteiger partial charge in [-0.2, -0.15) is 0 Å². The van der Waals surface area contributed by atoms with E-state index in [-0.39, 0.29) is 0 Å². The minimum Gasteiger partial charge on any atom is -0.325 e. The van der Waals surface area contributed by atoms with Crippen LogP contribution in [0.3, 0.4) is 0 Å². The van der Waals surface area contributed by atoms with Gasteiger partial charge >= 0.3 is 0 Å². The Morgan fingerprint density at radius 3 is 2.35 bits per heavy atom. The van der Waals surface area contributed by atoms with Gasteiger partial charge in [-0.05, 0) is 25.7 Å². The van der Waals surface area contributed by atoms with Crippen LogP contribution in [-0.4, -0.2) is 15.0 Å². The van der Waals surface area contributed by atoms with Crippen molar-refractivity contribution in [1.82, 2.24) is 15.0 Å². The molecule has 0 spiro atoms. The molecule has 2 aliphatic carbocycles. The van der Waals surface area contributed by atoms with Gasteiger partial charge in [0.1, 0.15) is 0 Å². The second-order valence-electron chi connectivity index (χ2n) is 5.49. The van der Waals surface area contributed by atoms with Gasteiger partial charge in [0.25, 0.3) is 0 Å². The van der Waals surface area contributed by atoms with Crippen LogP contribution in [0.4, 0.5) is 0 Å². The summed E-state index contributed by atoms with van der Waals surface area (Å²) in [5.74, 6) is 0.671. The van der Waals surface area contributed by atoms with E-state index in [4.69, 9.17) is 5.73 Å². The van der Waals surface area contributed by atoms with Crippen LogP contribution in [0.5, 0.6) is 0 Å². The van der Waals surface area contributed by atoms with Crippen LogP contribution >= 0.6 is 0 Å². The number of rotatable bonds is 3. The second-order valence-corrected chi connectivity index (χ2v) is 5.49. The molecule has 1 heterocycles. The molecular formula is C13H22N4. The summed E-state index contributed by atoms with van der Waals surface area (Å²) in [6.07, 6.45) is 10.5. The fourth-order valence-corrected chi connectivity index (χ4v) is 3.52. The van der Waals surface area contributed by atoms with Gasteiger partial charge in [-0.25, -0.2) is 4.68 Å². The van der Waals surface area contributed by atoms with E-state index in [1.54, 1.807) is 0 Å². The second kappa shape index (κ2) is 4.77. The first-order valence-corrected chi connectivity index (χ1v) is 7.04. The van der Waals surface area contributed by atoms with E-state index in [0.29, 0.717) is 18.5 Å². The normalized spacial score (nSPS) is 22.6. The summed E-state index contributed by atoms with van der Waals surface area (Å²) in [5, 5.41) is 8.71. The lowest BCUT2D eigenvalue weighted by atomic mass is 10.0. The van der Waals surface area contributed by atoms with Gasteiger partial charge in [0.2, 0.25) is 0 Å². The average molecular weight is 234 g/mol. The number of hydrogen-bond donors (Lipinski definition) is 1. The molecule has 1 aromatic rings. The summed E-state index contributed by atoms with van der Waals surface area (Å²) in [6.45, 7) is 0.540. The van der Waals surface area contributed by atoms with Crippen LogP contribution in [0.15, 0.2) is 0 Å². The fourth-order valence-electron chi connectivity index (χ4n) is 3.52. The lowest BCUT2D eigenvalue weighted by molar-refractivity contribution is 0.424. The molecule has 1 aromatic heterocycles. The average Bonchev–Trinajstić information content (AvgIpc) is 3.09. The highest BCUT2D eigenvalue weighted by molar-refractivity contribution is 5.17. The van der Waals surface area contributed by atoms with Gasteiger partial charge in [-0.1, -0.05) is 30.9 Å². The van der Waals surface area contributed by atoms with Crippen molar-refractivity contribution in [3.05, 3.63) is 11.4 Å². The van der Waals surface area contributed by atoms with E-state index in [2.05, 4.69) is 15.0 Å². The first-order valence-electron chi connectivity index (χ1n) is 7.04. The third-order valence-electron chi connectivity index (χ3n) is 4.41. The zero-order valence-corrected chi connectivity index (χ0v) is 10.4. The lowest BCUT2D eigenvalue weighted by Crippen LogP contribution is -2.14. The Labute approximate surface area is 103 Å². The van der Waals surface area contributed by atoms with Crippen molar-refractivity contribution in [2.45, 2.75) is 69.9 Å². The Bertz CT molecular complexity index is 373. The van der Waals surface area contributed by atoms with Crippen molar-refractivity contribution in [2.24, 2.45) is 5.73 Å². The van der Waals surface area contributed by atoms with E-state index in [1.165, 1.54) is 57.1 Å². The summed E-state index contributed by atoms with van der Waals surface area (Å²) in [4.78, 5) is 0. The number of nitrogens with zero attached hydrogens (tertiary/aromatic N) is 3. The van der Waals surface area contributed by atoms with Crippen molar-refractivity contribution in [3.63, 3.8) is 0 Å². The largest absolute Gasteiger partial charge is 0.325 e. The quantitative estimate of drug-likeness (QED) is 0.874. The van der Waals surface area contributed by atoms with E-state index >= 15 is 0 Å². The zero-order chi connectivity index (χ0) is 11.7. The molecular weight excluding hydrogens is 212 g/mol. The molecule has 0 amide bonds. The van der Waals surface area contributed by atoms with Crippen LogP contribution in [-0.2, 0) is 6.54 Å². The van der Waals surface area contributed by atoms with Gasteiger partial charge in [-0.3, -0.25) is 0 Å². The summed E-state index contributed by atoms with van der Waals surface area (Å²) in [5.41, 5.74) is 8.23. The first kappa shape index (κ1) is 11.2. The predicted octanol–water partition coefficient (Wildman–Crippen LogP) is 2.51. The molecule has 0 radical (unpaired) electrons. The SMILES string of the molecule is NCc1nnn(C2CCCC2)c1C1CCCC1. The molecule has 4 nitrogen and oxygen atoms in total. The highest BCUT2D eigenvalue weighted by Gasteiger charge is 2.29. The van der Waals surface area contributed by atoms with E-state index < -0.39 is 0 Å². The smallest absolute Gasteiger partial charge is 0.0997 e. The van der Waals surface area contributed by atoms with E-state index in [9.17, 15) is 0 Å². The van der Waals surface area contributed by atoms with Crippen molar-refractivity contribution in [2.75, 3.05) is 0 Å². The monoisotopic (exact) mass is 234 g/mol. The van der Waals surface area contributed by atoms with Gasteiger partial charge in [-0.15, -0.1) is 5.10 Å². The highest BCUT2D eigenvalue weighted by Crippen LogP contribution is 2.38. The summed E-state index contributed by atoms with van der Waals surface area (Å²) >= 11 is 0. The predicted molar refractivity (Wildman–Crippen MR) is 66.6 cm³/mol. The molecule has 0 bridgehead atoms. The van der Waals surface area contributed by atoms with Crippen molar-refractivity contribution in [3.8, 4) is 0 Å². The maximum absolute atomic E-state index is 5.81. The molecule has 4 heteroatoms. The third kappa shape index (κ3) is 1.99. The van der Waals surface area contributed by atoms with Crippen LogP contribution in [0.1, 0.15) is 74.7 Å². The van der Waals surface area contributed by atoms with Gasteiger partial charge in [0.05, 0.1) is 17.4 Å². The molecule has 0 unspecified atom stereocenters. The van der Waals surface area contributed by atoms with Crippen LogP contribution < -0.4 is 5.73 Å². The van der Waals surface area contributed by atoms with Crippen molar-refractivity contribution >= 4 is 0 Å². The Morgan fingerprint density at radius 1 is 1.06 bits per heavy atom.